The third kappa shape index (κ3) is 16.8. The summed E-state index contributed by atoms with van der Waals surface area (Å²) in [4.78, 5) is 46.3. The Morgan fingerprint density at radius 3 is 2.27 bits per heavy atom. The molecular formula is C21H40N4O5. The highest BCUT2D eigenvalue weighted by atomic mass is 16.6. The second-order valence-corrected chi connectivity index (χ2v) is 8.26. The van der Waals surface area contributed by atoms with E-state index in [4.69, 9.17) is 10.5 Å². The van der Waals surface area contributed by atoms with Crippen LogP contribution >= 0.6 is 0 Å². The van der Waals surface area contributed by atoms with Crippen molar-refractivity contribution in [2.24, 2.45) is 5.73 Å². The first kappa shape index (κ1) is 27.8. The summed E-state index contributed by atoms with van der Waals surface area (Å²) in [7, 11) is 0. The van der Waals surface area contributed by atoms with E-state index in [1.807, 2.05) is 0 Å². The molecule has 0 aliphatic rings. The van der Waals surface area contributed by atoms with Crippen LogP contribution in [0.15, 0.2) is 0 Å². The molecule has 9 nitrogen and oxygen atoms in total. The van der Waals surface area contributed by atoms with E-state index >= 15 is 0 Å². The number of nitrogens with one attached hydrogen (secondary N) is 3. The van der Waals surface area contributed by atoms with Crippen LogP contribution in [0.5, 0.6) is 0 Å². The van der Waals surface area contributed by atoms with E-state index in [1.165, 1.54) is 0 Å². The molecule has 0 unspecified atom stereocenters. The Balaban J connectivity index is 4.18. The molecule has 9 heteroatoms. The van der Waals surface area contributed by atoms with Gasteiger partial charge in [0.25, 0.3) is 0 Å². The van der Waals surface area contributed by atoms with Gasteiger partial charge >= 0.3 is 12.0 Å². The fraction of sp³-hybridized carbons (Fsp3) is 0.810. The summed E-state index contributed by atoms with van der Waals surface area (Å²) in [5.74, 6) is -0.494. The molecule has 3 amide bonds. The lowest BCUT2D eigenvalue weighted by Gasteiger charge is -2.24. The molecule has 0 bridgehead atoms. The number of carbonyl (C=O) groups excluding carboxylic acids is 4. The summed E-state index contributed by atoms with van der Waals surface area (Å²) in [5.41, 5.74) is 4.78. The lowest BCUT2D eigenvalue weighted by molar-refractivity contribution is -0.157. The highest BCUT2D eigenvalue weighted by molar-refractivity contribution is 5.84. The minimum absolute atomic E-state index is 0.0314. The van der Waals surface area contributed by atoms with Gasteiger partial charge in [-0.15, -0.1) is 0 Å². The minimum atomic E-state index is -0.819. The topological polar surface area (TPSA) is 140 Å². The van der Waals surface area contributed by atoms with Gasteiger partial charge in [0.15, 0.2) is 0 Å². The molecule has 0 aromatic carbocycles. The monoisotopic (exact) mass is 428 g/mol. The van der Waals surface area contributed by atoms with E-state index < -0.39 is 23.6 Å². The Labute approximate surface area is 180 Å². The number of rotatable bonds is 16. The normalized spacial score (nSPS) is 12.0. The van der Waals surface area contributed by atoms with Gasteiger partial charge in [-0.1, -0.05) is 19.3 Å². The zero-order valence-corrected chi connectivity index (χ0v) is 18.8. The first-order chi connectivity index (χ1) is 14.2. The van der Waals surface area contributed by atoms with E-state index in [2.05, 4.69) is 16.0 Å². The fourth-order valence-electron chi connectivity index (χ4n) is 2.72. The summed E-state index contributed by atoms with van der Waals surface area (Å²) >= 11 is 0. The standard InChI is InChI=1S/C21H40N4O5/c1-21(2,3)30-19(28)17(25-20(29)24-15-16-26)11-8-10-14-23-18(27)12-7-5-4-6-9-13-22/h16-17H,4-15,22H2,1-3H3,(H,23,27)(H2,24,25,29)/t17-/m0/s1. The second kappa shape index (κ2) is 16.6. The van der Waals surface area contributed by atoms with Crippen LogP contribution in [-0.2, 0) is 19.1 Å². The van der Waals surface area contributed by atoms with Gasteiger partial charge in [-0.2, -0.15) is 0 Å². The average Bonchev–Trinajstić information content (AvgIpc) is 2.66. The van der Waals surface area contributed by atoms with Crippen molar-refractivity contribution < 1.29 is 23.9 Å². The van der Waals surface area contributed by atoms with E-state index in [9.17, 15) is 19.2 Å². The SMILES string of the molecule is CC(C)(C)OC(=O)[C@H](CCCCNC(=O)CCCCCCCN)NC(=O)NCC=O. The minimum Gasteiger partial charge on any atom is -0.458 e. The van der Waals surface area contributed by atoms with Crippen LogP contribution in [-0.4, -0.2) is 55.5 Å². The van der Waals surface area contributed by atoms with Crippen molar-refractivity contribution in [2.75, 3.05) is 19.6 Å². The summed E-state index contributed by atoms with van der Waals surface area (Å²) in [5, 5.41) is 7.77. The second-order valence-electron chi connectivity index (χ2n) is 8.26. The van der Waals surface area contributed by atoms with Gasteiger partial charge in [-0.05, 0) is 59.4 Å². The van der Waals surface area contributed by atoms with Crippen molar-refractivity contribution in [3.63, 3.8) is 0 Å². The average molecular weight is 429 g/mol. The largest absolute Gasteiger partial charge is 0.458 e. The lowest BCUT2D eigenvalue weighted by Crippen LogP contribution is -2.48. The lowest BCUT2D eigenvalue weighted by atomic mass is 10.1. The van der Waals surface area contributed by atoms with E-state index in [0.29, 0.717) is 45.1 Å². The third-order valence-electron chi connectivity index (χ3n) is 4.19. The molecule has 0 heterocycles. The zero-order valence-electron chi connectivity index (χ0n) is 18.8. The van der Waals surface area contributed by atoms with Crippen molar-refractivity contribution in [1.29, 1.82) is 0 Å². The van der Waals surface area contributed by atoms with Crippen molar-refractivity contribution in [3.05, 3.63) is 0 Å². The number of unbranched alkanes of at least 4 members (excludes halogenated alkanes) is 5. The number of carbonyl (C=O) groups is 4. The van der Waals surface area contributed by atoms with Gasteiger partial charge in [0.1, 0.15) is 17.9 Å². The number of nitrogens with two attached hydrogens (primary N) is 1. The molecular weight excluding hydrogens is 388 g/mol. The molecule has 0 aromatic rings. The van der Waals surface area contributed by atoms with Crippen LogP contribution < -0.4 is 21.7 Å². The predicted molar refractivity (Wildman–Crippen MR) is 116 cm³/mol. The van der Waals surface area contributed by atoms with Crippen molar-refractivity contribution in [3.8, 4) is 0 Å². The molecule has 5 N–H and O–H groups in total. The van der Waals surface area contributed by atoms with Gasteiger partial charge in [0, 0.05) is 13.0 Å². The number of hydrogen-bond acceptors (Lipinski definition) is 6. The van der Waals surface area contributed by atoms with Gasteiger partial charge < -0.3 is 31.2 Å². The molecule has 0 aliphatic heterocycles. The Morgan fingerprint density at radius 2 is 1.63 bits per heavy atom. The molecule has 0 spiro atoms. The Morgan fingerprint density at radius 1 is 0.967 bits per heavy atom. The quantitative estimate of drug-likeness (QED) is 0.168. The summed E-state index contributed by atoms with van der Waals surface area (Å²) < 4.78 is 5.35. The molecule has 0 aromatic heterocycles. The summed E-state index contributed by atoms with van der Waals surface area (Å²) in [6, 6.07) is -1.42. The first-order valence-corrected chi connectivity index (χ1v) is 10.9. The van der Waals surface area contributed by atoms with Crippen LogP contribution in [0.2, 0.25) is 0 Å². The molecule has 0 saturated carbocycles. The molecule has 1 atom stereocenters. The van der Waals surface area contributed by atoms with Crippen LogP contribution in [0, 0.1) is 0 Å². The van der Waals surface area contributed by atoms with Crippen molar-refractivity contribution in [1.82, 2.24) is 16.0 Å². The molecule has 30 heavy (non-hydrogen) atoms. The zero-order chi connectivity index (χ0) is 22.8. The fourth-order valence-corrected chi connectivity index (χ4v) is 2.72. The van der Waals surface area contributed by atoms with E-state index in [1.54, 1.807) is 20.8 Å². The Hall–Kier alpha value is -2.16. The first-order valence-electron chi connectivity index (χ1n) is 10.9. The molecule has 0 aliphatic carbocycles. The number of amides is 3. The number of aldehydes is 1. The number of urea groups is 1. The highest BCUT2D eigenvalue weighted by Crippen LogP contribution is 2.11. The molecule has 174 valence electrons. The molecule has 0 saturated heterocycles. The van der Waals surface area contributed by atoms with Crippen LogP contribution in [0.25, 0.3) is 0 Å². The van der Waals surface area contributed by atoms with Gasteiger partial charge in [0.05, 0.1) is 6.54 Å². The Kier molecular flexibility index (Phi) is 15.4. The Bertz CT molecular complexity index is 520. The highest BCUT2D eigenvalue weighted by Gasteiger charge is 2.26. The maximum atomic E-state index is 12.3. The number of esters is 1. The number of hydrogen-bond donors (Lipinski definition) is 4. The van der Waals surface area contributed by atoms with Gasteiger partial charge in [-0.25, -0.2) is 9.59 Å². The van der Waals surface area contributed by atoms with Gasteiger partial charge in [0.2, 0.25) is 5.91 Å². The smallest absolute Gasteiger partial charge is 0.329 e. The van der Waals surface area contributed by atoms with Crippen molar-refractivity contribution >= 4 is 24.2 Å². The van der Waals surface area contributed by atoms with Crippen LogP contribution in [0.4, 0.5) is 4.79 Å². The van der Waals surface area contributed by atoms with E-state index in [0.717, 1.165) is 32.1 Å². The number of ether oxygens (including phenoxy) is 1. The summed E-state index contributed by atoms with van der Waals surface area (Å²) in [6.45, 7) is 6.36. The van der Waals surface area contributed by atoms with Crippen LogP contribution in [0.3, 0.4) is 0 Å². The molecule has 0 radical (unpaired) electrons. The van der Waals surface area contributed by atoms with Crippen LogP contribution in [0.1, 0.15) is 78.6 Å². The van der Waals surface area contributed by atoms with E-state index in [-0.39, 0.29) is 12.5 Å². The summed E-state index contributed by atoms with van der Waals surface area (Å²) in [6.07, 6.45) is 7.90. The third-order valence-corrected chi connectivity index (χ3v) is 4.19. The maximum absolute atomic E-state index is 12.3. The predicted octanol–water partition coefficient (Wildman–Crippen LogP) is 1.78. The molecule has 0 rings (SSSR count). The van der Waals surface area contributed by atoms with Crippen molar-refractivity contribution in [2.45, 2.75) is 90.2 Å². The maximum Gasteiger partial charge on any atom is 0.329 e. The molecule has 0 fully saturated rings. The van der Waals surface area contributed by atoms with Gasteiger partial charge in [-0.3, -0.25) is 4.79 Å².